The summed E-state index contributed by atoms with van der Waals surface area (Å²) in [5.74, 6) is -0.142. The maximum absolute atomic E-state index is 14.2. The van der Waals surface area contributed by atoms with Gasteiger partial charge in [0.15, 0.2) is 0 Å². The summed E-state index contributed by atoms with van der Waals surface area (Å²) in [6.07, 6.45) is 1.07. The average Bonchev–Trinajstić information content (AvgIpc) is 2.96. The number of amides is 2. The Morgan fingerprint density at radius 2 is 1.63 bits per heavy atom. The standard InChI is InChI=1S/C31H38ClN3O5S/c1-6-23(4)33-31(37)28(7-2)34(20-24-13-16-26(40-5)17-14-24)30(36)21-35(29-18-15-25(32)19-22(29)3)41(38,39)27-11-9-8-10-12-27/h8-19,23,28H,6-7,20-21H2,1-5H3,(H,33,37)/t23-,28-/m1/s1. The van der Waals surface area contributed by atoms with Gasteiger partial charge in [0, 0.05) is 17.6 Å². The number of methoxy groups -OCH3 is 1. The van der Waals surface area contributed by atoms with Crippen molar-refractivity contribution in [2.24, 2.45) is 0 Å². The number of hydrogen-bond acceptors (Lipinski definition) is 5. The molecule has 3 aromatic rings. The topological polar surface area (TPSA) is 96.0 Å². The lowest BCUT2D eigenvalue weighted by Gasteiger charge is -2.34. The summed E-state index contributed by atoms with van der Waals surface area (Å²) in [6, 6.07) is 19.1. The number of carbonyl (C=O) groups is 2. The molecule has 8 nitrogen and oxygen atoms in total. The van der Waals surface area contributed by atoms with Gasteiger partial charge >= 0.3 is 0 Å². The fourth-order valence-corrected chi connectivity index (χ4v) is 6.15. The second kappa shape index (κ2) is 14.4. The fraction of sp³-hybridized carbons (Fsp3) is 0.355. The van der Waals surface area contributed by atoms with E-state index in [1.807, 2.05) is 32.9 Å². The van der Waals surface area contributed by atoms with Gasteiger partial charge in [-0.2, -0.15) is 0 Å². The van der Waals surface area contributed by atoms with E-state index in [4.69, 9.17) is 16.3 Å². The number of sulfonamides is 1. The van der Waals surface area contributed by atoms with E-state index in [-0.39, 0.29) is 23.4 Å². The zero-order chi connectivity index (χ0) is 30.2. The number of aryl methyl sites for hydroxylation is 1. The number of carbonyl (C=O) groups excluding carboxylic acids is 2. The first-order chi connectivity index (χ1) is 19.5. The van der Waals surface area contributed by atoms with Crippen molar-refractivity contribution in [3.63, 3.8) is 0 Å². The minimum Gasteiger partial charge on any atom is -0.497 e. The molecule has 0 bridgehead atoms. The predicted octanol–water partition coefficient (Wildman–Crippen LogP) is 5.57. The highest BCUT2D eigenvalue weighted by Gasteiger charge is 2.34. The highest BCUT2D eigenvalue weighted by molar-refractivity contribution is 7.92. The van der Waals surface area contributed by atoms with Gasteiger partial charge in [0.25, 0.3) is 10.0 Å². The van der Waals surface area contributed by atoms with Gasteiger partial charge in [0.05, 0.1) is 17.7 Å². The van der Waals surface area contributed by atoms with Crippen LogP contribution < -0.4 is 14.4 Å². The number of nitrogens with zero attached hydrogens (tertiary/aromatic N) is 2. The Balaban J connectivity index is 2.07. The minimum atomic E-state index is -4.15. The Labute approximate surface area is 248 Å². The van der Waals surface area contributed by atoms with Crippen LogP contribution in [-0.4, -0.2) is 50.9 Å². The van der Waals surface area contributed by atoms with Crippen molar-refractivity contribution in [2.75, 3.05) is 18.0 Å². The fourth-order valence-electron chi connectivity index (χ4n) is 4.42. The molecule has 0 radical (unpaired) electrons. The van der Waals surface area contributed by atoms with E-state index in [2.05, 4.69) is 5.32 Å². The van der Waals surface area contributed by atoms with Crippen LogP contribution in [0.5, 0.6) is 5.75 Å². The highest BCUT2D eigenvalue weighted by atomic mass is 35.5. The third kappa shape index (κ3) is 8.01. The van der Waals surface area contributed by atoms with E-state index >= 15 is 0 Å². The SMILES string of the molecule is CC[C@@H](C)NC(=O)[C@@H](CC)N(Cc1ccc(OC)cc1)C(=O)CN(c1ccc(Cl)cc1C)S(=O)(=O)c1ccccc1. The first-order valence-electron chi connectivity index (χ1n) is 13.6. The maximum Gasteiger partial charge on any atom is 0.264 e. The monoisotopic (exact) mass is 599 g/mol. The number of nitrogens with one attached hydrogen (secondary N) is 1. The van der Waals surface area contributed by atoms with Gasteiger partial charge in [-0.3, -0.25) is 13.9 Å². The van der Waals surface area contributed by atoms with E-state index in [1.54, 1.807) is 62.6 Å². The van der Waals surface area contributed by atoms with Crippen molar-refractivity contribution in [1.29, 1.82) is 0 Å². The van der Waals surface area contributed by atoms with Crippen molar-refractivity contribution in [1.82, 2.24) is 10.2 Å². The van der Waals surface area contributed by atoms with Crippen LogP contribution in [0.4, 0.5) is 5.69 Å². The van der Waals surface area contributed by atoms with Crippen LogP contribution in [0.25, 0.3) is 0 Å². The molecule has 220 valence electrons. The van der Waals surface area contributed by atoms with Crippen molar-refractivity contribution >= 4 is 39.1 Å². The lowest BCUT2D eigenvalue weighted by Crippen LogP contribution is -2.53. The summed E-state index contributed by atoms with van der Waals surface area (Å²) >= 11 is 6.17. The van der Waals surface area contributed by atoms with Crippen LogP contribution in [0.3, 0.4) is 0 Å². The molecule has 0 fully saturated rings. The number of hydrogen-bond donors (Lipinski definition) is 1. The molecule has 0 saturated heterocycles. The summed E-state index contributed by atoms with van der Waals surface area (Å²) in [6.45, 7) is 7.03. The molecule has 3 aromatic carbocycles. The minimum absolute atomic E-state index is 0.0467. The molecule has 2 atom stereocenters. The molecule has 0 aliphatic rings. The summed E-state index contributed by atoms with van der Waals surface area (Å²) in [4.78, 5) is 29.0. The maximum atomic E-state index is 14.2. The van der Waals surface area contributed by atoms with Crippen LogP contribution in [0.2, 0.25) is 5.02 Å². The molecule has 0 aliphatic carbocycles. The van der Waals surface area contributed by atoms with Crippen molar-refractivity contribution < 1.29 is 22.7 Å². The van der Waals surface area contributed by atoms with Gasteiger partial charge < -0.3 is 15.0 Å². The first-order valence-corrected chi connectivity index (χ1v) is 15.4. The molecule has 3 rings (SSSR count). The molecular weight excluding hydrogens is 562 g/mol. The highest BCUT2D eigenvalue weighted by Crippen LogP contribution is 2.29. The summed E-state index contributed by atoms with van der Waals surface area (Å²) in [5.41, 5.74) is 1.69. The molecule has 0 aromatic heterocycles. The molecule has 2 amide bonds. The lowest BCUT2D eigenvalue weighted by atomic mass is 10.1. The van der Waals surface area contributed by atoms with Gasteiger partial charge in [-0.05, 0) is 80.3 Å². The third-order valence-corrected chi connectivity index (χ3v) is 8.95. The average molecular weight is 600 g/mol. The van der Waals surface area contributed by atoms with Crippen molar-refractivity contribution in [3.05, 3.63) is 88.9 Å². The van der Waals surface area contributed by atoms with Crippen LogP contribution in [0.15, 0.2) is 77.7 Å². The van der Waals surface area contributed by atoms with Crippen LogP contribution in [0.1, 0.15) is 44.7 Å². The molecular formula is C31H38ClN3O5S. The van der Waals surface area contributed by atoms with E-state index in [0.717, 1.165) is 16.3 Å². The molecule has 0 saturated carbocycles. The smallest absolute Gasteiger partial charge is 0.264 e. The summed E-state index contributed by atoms with van der Waals surface area (Å²) < 4.78 is 34.2. The molecule has 0 spiro atoms. The second-order valence-electron chi connectivity index (χ2n) is 9.87. The van der Waals surface area contributed by atoms with Crippen LogP contribution in [0, 0.1) is 6.92 Å². The van der Waals surface area contributed by atoms with Crippen LogP contribution >= 0.6 is 11.6 Å². The van der Waals surface area contributed by atoms with Crippen LogP contribution in [-0.2, 0) is 26.2 Å². The van der Waals surface area contributed by atoms with E-state index < -0.39 is 28.5 Å². The Kier molecular flexibility index (Phi) is 11.2. The Hall–Kier alpha value is -3.56. The van der Waals surface area contributed by atoms with Gasteiger partial charge in [0.2, 0.25) is 11.8 Å². The molecule has 0 unspecified atom stereocenters. The number of benzene rings is 3. The van der Waals surface area contributed by atoms with Crippen molar-refractivity contribution in [3.8, 4) is 5.75 Å². The van der Waals surface area contributed by atoms with Gasteiger partial charge in [0.1, 0.15) is 18.3 Å². The molecule has 41 heavy (non-hydrogen) atoms. The Morgan fingerprint density at radius 3 is 2.20 bits per heavy atom. The Bertz CT molecular complexity index is 1430. The summed E-state index contributed by atoms with van der Waals surface area (Å²) in [7, 11) is -2.58. The number of rotatable bonds is 13. The lowest BCUT2D eigenvalue weighted by molar-refractivity contribution is -0.140. The molecule has 0 heterocycles. The van der Waals surface area contributed by atoms with E-state index in [9.17, 15) is 18.0 Å². The number of ether oxygens (including phenoxy) is 1. The Morgan fingerprint density at radius 1 is 0.976 bits per heavy atom. The largest absolute Gasteiger partial charge is 0.497 e. The normalized spacial score (nSPS) is 12.7. The second-order valence-corrected chi connectivity index (χ2v) is 12.2. The predicted molar refractivity (Wildman–Crippen MR) is 163 cm³/mol. The molecule has 0 aliphatic heterocycles. The van der Waals surface area contributed by atoms with Gasteiger partial charge in [-0.15, -0.1) is 0 Å². The number of anilines is 1. The van der Waals surface area contributed by atoms with Crippen molar-refractivity contribution in [2.45, 2.75) is 64.1 Å². The number of halogens is 1. The van der Waals surface area contributed by atoms with Gasteiger partial charge in [-0.25, -0.2) is 8.42 Å². The zero-order valence-electron chi connectivity index (χ0n) is 24.1. The summed E-state index contributed by atoms with van der Waals surface area (Å²) in [5, 5.41) is 3.42. The molecule has 10 heteroatoms. The van der Waals surface area contributed by atoms with Gasteiger partial charge in [-0.1, -0.05) is 55.8 Å². The van der Waals surface area contributed by atoms with E-state index in [1.165, 1.54) is 17.0 Å². The quantitative estimate of drug-likeness (QED) is 0.277. The first kappa shape index (κ1) is 32.0. The molecule has 1 N–H and O–H groups in total. The zero-order valence-corrected chi connectivity index (χ0v) is 25.7. The van der Waals surface area contributed by atoms with E-state index in [0.29, 0.717) is 28.4 Å². The third-order valence-electron chi connectivity index (χ3n) is 6.94.